The van der Waals surface area contributed by atoms with Gasteiger partial charge in [0.05, 0.1) is 6.61 Å². The molecule has 106 valence electrons. The topological polar surface area (TPSA) is 80.5 Å². The number of ether oxygens (including phenoxy) is 1. The van der Waals surface area contributed by atoms with Crippen molar-refractivity contribution in [3.8, 4) is 0 Å². The van der Waals surface area contributed by atoms with Crippen molar-refractivity contribution < 1.29 is 14.1 Å². The van der Waals surface area contributed by atoms with E-state index in [1.165, 1.54) is 0 Å². The molecular formula is C12H20N4O3. The fourth-order valence-electron chi connectivity index (χ4n) is 2.22. The van der Waals surface area contributed by atoms with E-state index in [-0.39, 0.29) is 11.9 Å². The second-order valence-electron chi connectivity index (χ2n) is 4.45. The molecule has 2 heterocycles. The third kappa shape index (κ3) is 3.44. The van der Waals surface area contributed by atoms with Gasteiger partial charge in [-0.3, -0.25) is 4.79 Å². The maximum atomic E-state index is 11.5. The van der Waals surface area contributed by atoms with Crippen LogP contribution in [-0.2, 0) is 9.53 Å². The van der Waals surface area contributed by atoms with Gasteiger partial charge in [-0.25, -0.2) is 0 Å². The number of anilines is 1. The Labute approximate surface area is 112 Å². The SMILES string of the molecule is CCOCCNc1noc([C@@H]2CCCN2C(C)=O)n1. The summed E-state index contributed by atoms with van der Waals surface area (Å²) in [6, 6.07) is -0.0764. The van der Waals surface area contributed by atoms with Crippen LogP contribution in [0.15, 0.2) is 4.52 Å². The van der Waals surface area contributed by atoms with Crippen LogP contribution in [0, 0.1) is 0 Å². The highest BCUT2D eigenvalue weighted by Crippen LogP contribution is 2.31. The second kappa shape index (κ2) is 6.51. The number of carbonyl (C=O) groups excluding carboxylic acids is 1. The minimum atomic E-state index is -0.0764. The molecule has 1 N–H and O–H groups in total. The van der Waals surface area contributed by atoms with Crippen molar-refractivity contribution in [2.45, 2.75) is 32.7 Å². The first-order chi connectivity index (χ1) is 9.22. The van der Waals surface area contributed by atoms with Crippen molar-refractivity contribution in [1.82, 2.24) is 15.0 Å². The zero-order valence-electron chi connectivity index (χ0n) is 11.4. The second-order valence-corrected chi connectivity index (χ2v) is 4.45. The minimum Gasteiger partial charge on any atom is -0.380 e. The van der Waals surface area contributed by atoms with Crippen molar-refractivity contribution in [2.24, 2.45) is 0 Å². The quantitative estimate of drug-likeness (QED) is 0.781. The standard InChI is InChI=1S/C12H20N4O3/c1-3-18-8-6-13-12-14-11(19-15-12)10-5-4-7-16(10)9(2)17/h10H,3-8H2,1-2H3,(H,13,15)/t10-/m0/s1. The summed E-state index contributed by atoms with van der Waals surface area (Å²) < 4.78 is 10.4. The number of hydrogen-bond acceptors (Lipinski definition) is 6. The average molecular weight is 268 g/mol. The Balaban J connectivity index is 1.91. The van der Waals surface area contributed by atoms with Crippen LogP contribution in [0.1, 0.15) is 38.6 Å². The van der Waals surface area contributed by atoms with Gasteiger partial charge in [-0.1, -0.05) is 0 Å². The van der Waals surface area contributed by atoms with Crippen molar-refractivity contribution in [3.05, 3.63) is 5.89 Å². The summed E-state index contributed by atoms with van der Waals surface area (Å²) in [6.45, 7) is 6.19. The molecular weight excluding hydrogens is 248 g/mol. The molecule has 7 heteroatoms. The number of hydrogen-bond donors (Lipinski definition) is 1. The van der Waals surface area contributed by atoms with Crippen LogP contribution in [-0.4, -0.2) is 47.3 Å². The van der Waals surface area contributed by atoms with Crippen LogP contribution >= 0.6 is 0 Å². The normalized spacial score (nSPS) is 18.8. The molecule has 19 heavy (non-hydrogen) atoms. The average Bonchev–Trinajstić information content (AvgIpc) is 3.02. The van der Waals surface area contributed by atoms with E-state index in [4.69, 9.17) is 9.26 Å². The first-order valence-corrected chi connectivity index (χ1v) is 6.64. The first kappa shape index (κ1) is 13.8. The Bertz CT molecular complexity index is 421. The van der Waals surface area contributed by atoms with E-state index in [2.05, 4.69) is 15.5 Å². The summed E-state index contributed by atoms with van der Waals surface area (Å²) >= 11 is 0. The summed E-state index contributed by atoms with van der Waals surface area (Å²) in [6.07, 6.45) is 1.85. The molecule has 1 aromatic heterocycles. The van der Waals surface area contributed by atoms with Gasteiger partial charge in [0.1, 0.15) is 6.04 Å². The van der Waals surface area contributed by atoms with Gasteiger partial charge < -0.3 is 19.5 Å². The number of likely N-dealkylation sites (tertiary alicyclic amines) is 1. The number of nitrogens with zero attached hydrogens (tertiary/aromatic N) is 3. The van der Waals surface area contributed by atoms with Crippen LogP contribution in [0.4, 0.5) is 5.95 Å². The van der Waals surface area contributed by atoms with Crippen molar-refractivity contribution in [3.63, 3.8) is 0 Å². The summed E-state index contributed by atoms with van der Waals surface area (Å²) in [5.74, 6) is 1.00. The monoisotopic (exact) mass is 268 g/mol. The number of amides is 1. The highest BCUT2D eigenvalue weighted by Gasteiger charge is 2.32. The van der Waals surface area contributed by atoms with Gasteiger partial charge in [0.2, 0.25) is 5.91 Å². The summed E-state index contributed by atoms with van der Waals surface area (Å²) in [4.78, 5) is 17.5. The smallest absolute Gasteiger partial charge is 0.263 e. The Morgan fingerprint density at radius 3 is 3.21 bits per heavy atom. The first-order valence-electron chi connectivity index (χ1n) is 6.64. The predicted molar refractivity (Wildman–Crippen MR) is 68.6 cm³/mol. The highest BCUT2D eigenvalue weighted by molar-refractivity contribution is 5.74. The molecule has 1 saturated heterocycles. The van der Waals surface area contributed by atoms with Gasteiger partial charge in [0.15, 0.2) is 0 Å². The molecule has 1 amide bonds. The Morgan fingerprint density at radius 2 is 2.47 bits per heavy atom. The zero-order chi connectivity index (χ0) is 13.7. The molecule has 1 atom stereocenters. The molecule has 0 saturated carbocycles. The molecule has 0 aromatic carbocycles. The van der Waals surface area contributed by atoms with E-state index < -0.39 is 0 Å². The van der Waals surface area contributed by atoms with E-state index in [0.29, 0.717) is 31.6 Å². The van der Waals surface area contributed by atoms with Crippen LogP contribution in [0.5, 0.6) is 0 Å². The minimum absolute atomic E-state index is 0.0477. The molecule has 1 aromatic rings. The molecule has 0 radical (unpaired) electrons. The van der Waals surface area contributed by atoms with Crippen molar-refractivity contribution in [2.75, 3.05) is 31.6 Å². The number of aromatic nitrogens is 2. The van der Waals surface area contributed by atoms with Crippen LogP contribution in [0.3, 0.4) is 0 Å². The van der Waals surface area contributed by atoms with E-state index >= 15 is 0 Å². The molecule has 2 rings (SSSR count). The molecule has 0 aliphatic carbocycles. The fourth-order valence-corrected chi connectivity index (χ4v) is 2.22. The Hall–Kier alpha value is -1.63. The maximum absolute atomic E-state index is 11.5. The Morgan fingerprint density at radius 1 is 1.63 bits per heavy atom. The lowest BCUT2D eigenvalue weighted by atomic mass is 10.2. The lowest BCUT2D eigenvalue weighted by Crippen LogP contribution is -2.28. The third-order valence-electron chi connectivity index (χ3n) is 3.12. The van der Waals surface area contributed by atoms with Crippen molar-refractivity contribution in [1.29, 1.82) is 0 Å². The fraction of sp³-hybridized carbons (Fsp3) is 0.750. The lowest BCUT2D eigenvalue weighted by Gasteiger charge is -2.19. The van der Waals surface area contributed by atoms with Gasteiger partial charge in [0, 0.05) is 26.6 Å². The zero-order valence-corrected chi connectivity index (χ0v) is 11.4. The van der Waals surface area contributed by atoms with Gasteiger partial charge in [-0.15, -0.1) is 0 Å². The molecule has 0 spiro atoms. The molecule has 7 nitrogen and oxygen atoms in total. The van der Waals surface area contributed by atoms with Crippen LogP contribution < -0.4 is 5.32 Å². The van der Waals surface area contributed by atoms with Gasteiger partial charge >= 0.3 is 0 Å². The highest BCUT2D eigenvalue weighted by atomic mass is 16.5. The number of rotatable bonds is 6. The predicted octanol–water partition coefficient (Wildman–Crippen LogP) is 1.20. The maximum Gasteiger partial charge on any atom is 0.263 e. The third-order valence-corrected chi connectivity index (χ3v) is 3.12. The van der Waals surface area contributed by atoms with E-state index in [1.807, 2.05) is 6.92 Å². The summed E-state index contributed by atoms with van der Waals surface area (Å²) in [5, 5.41) is 6.88. The van der Waals surface area contributed by atoms with Gasteiger partial charge in [0.25, 0.3) is 11.8 Å². The van der Waals surface area contributed by atoms with Gasteiger partial charge in [-0.2, -0.15) is 4.98 Å². The Kier molecular flexibility index (Phi) is 4.73. The van der Waals surface area contributed by atoms with E-state index in [9.17, 15) is 4.79 Å². The largest absolute Gasteiger partial charge is 0.380 e. The van der Waals surface area contributed by atoms with E-state index in [0.717, 1.165) is 19.4 Å². The summed E-state index contributed by atoms with van der Waals surface area (Å²) in [7, 11) is 0. The molecule has 0 bridgehead atoms. The molecule has 1 aliphatic rings. The van der Waals surface area contributed by atoms with E-state index in [1.54, 1.807) is 11.8 Å². The van der Waals surface area contributed by atoms with Crippen LogP contribution in [0.2, 0.25) is 0 Å². The van der Waals surface area contributed by atoms with Gasteiger partial charge in [-0.05, 0) is 24.9 Å². The summed E-state index contributed by atoms with van der Waals surface area (Å²) in [5.41, 5.74) is 0. The lowest BCUT2D eigenvalue weighted by molar-refractivity contribution is -0.130. The molecule has 1 aliphatic heterocycles. The molecule has 0 unspecified atom stereocenters. The van der Waals surface area contributed by atoms with Crippen LogP contribution in [0.25, 0.3) is 0 Å². The molecule has 1 fully saturated rings. The number of carbonyl (C=O) groups is 1. The van der Waals surface area contributed by atoms with Crippen molar-refractivity contribution >= 4 is 11.9 Å². The number of nitrogens with one attached hydrogen (secondary N) is 1.